The van der Waals surface area contributed by atoms with E-state index in [4.69, 9.17) is 9.72 Å². The first-order chi connectivity index (χ1) is 18.1. The molecule has 0 unspecified atom stereocenters. The number of carbonyl (C=O) groups excluding carboxylic acids is 1. The van der Waals surface area contributed by atoms with Crippen LogP contribution in [0.1, 0.15) is 86.2 Å². The van der Waals surface area contributed by atoms with Crippen molar-refractivity contribution in [1.82, 2.24) is 15.2 Å². The van der Waals surface area contributed by atoms with E-state index in [9.17, 15) is 4.79 Å². The van der Waals surface area contributed by atoms with Crippen LogP contribution in [0.3, 0.4) is 0 Å². The minimum atomic E-state index is -0.109. The molecule has 1 aromatic heterocycles. The number of benzene rings is 1. The summed E-state index contributed by atoms with van der Waals surface area (Å²) in [5, 5.41) is 3.66. The maximum atomic E-state index is 14.6. The summed E-state index contributed by atoms with van der Waals surface area (Å²) in [5.74, 6) is 2.46. The van der Waals surface area contributed by atoms with Crippen LogP contribution in [0.15, 0.2) is 36.4 Å². The second-order valence-corrected chi connectivity index (χ2v) is 12.1. The number of amides is 1. The number of para-hydroxylation sites is 1. The van der Waals surface area contributed by atoms with Gasteiger partial charge in [0.15, 0.2) is 0 Å². The third-order valence-electron chi connectivity index (χ3n) is 10.1. The second kappa shape index (κ2) is 10.4. The van der Waals surface area contributed by atoms with Crippen LogP contribution in [0, 0.1) is 18.8 Å². The lowest BCUT2D eigenvalue weighted by Crippen LogP contribution is -2.55. The van der Waals surface area contributed by atoms with Gasteiger partial charge in [-0.15, -0.1) is 0 Å². The minimum absolute atomic E-state index is 0.00459. The van der Waals surface area contributed by atoms with Crippen LogP contribution in [0.4, 0.5) is 0 Å². The average molecular weight is 502 g/mol. The molecule has 5 heteroatoms. The standard InChI is InChI=1S/C32H43N3O2/c1-22-14-15-26-28(34-22)12-8-17-32(26)21-33-20-27(32)31(36)35-18-16-24(25-11-6-7-13-30(25)37-2)19-29(35)23-9-4-3-5-10-23/h6-7,11,13-15,23-24,27,29,33H,3-5,8-10,12,16-21H2,1-2H3/t24-,27+,29+,32+/m1/s1. The Labute approximate surface area is 222 Å². The number of nitrogens with zero attached hydrogens (tertiary/aromatic N) is 2. The number of likely N-dealkylation sites (tertiary alicyclic amines) is 1. The number of ether oxygens (including phenoxy) is 1. The third-order valence-corrected chi connectivity index (χ3v) is 10.1. The maximum Gasteiger partial charge on any atom is 0.228 e. The molecule has 0 bridgehead atoms. The molecule has 3 heterocycles. The van der Waals surface area contributed by atoms with Gasteiger partial charge in [-0.3, -0.25) is 9.78 Å². The molecule has 5 nitrogen and oxygen atoms in total. The number of rotatable bonds is 4. The van der Waals surface area contributed by atoms with Crippen LogP contribution in [0.2, 0.25) is 0 Å². The number of nitrogens with one attached hydrogen (secondary N) is 1. The zero-order valence-electron chi connectivity index (χ0n) is 22.7. The van der Waals surface area contributed by atoms with Gasteiger partial charge in [0.25, 0.3) is 0 Å². The molecule has 1 N–H and O–H groups in total. The molecule has 2 aliphatic carbocycles. The van der Waals surface area contributed by atoms with E-state index in [0.29, 0.717) is 23.8 Å². The van der Waals surface area contributed by atoms with Crippen molar-refractivity contribution in [3.63, 3.8) is 0 Å². The fourth-order valence-electron chi connectivity index (χ4n) is 8.31. The molecule has 2 saturated heterocycles. The van der Waals surface area contributed by atoms with E-state index in [2.05, 4.69) is 53.5 Å². The molecule has 4 aliphatic rings. The molecule has 37 heavy (non-hydrogen) atoms. The van der Waals surface area contributed by atoms with Crippen molar-refractivity contribution in [2.24, 2.45) is 11.8 Å². The number of hydrogen-bond donors (Lipinski definition) is 1. The Hall–Kier alpha value is -2.40. The average Bonchev–Trinajstić information content (AvgIpc) is 3.36. The molecule has 1 saturated carbocycles. The van der Waals surface area contributed by atoms with Crippen LogP contribution in [0.5, 0.6) is 5.75 Å². The van der Waals surface area contributed by atoms with Crippen LogP contribution in [0.25, 0.3) is 0 Å². The molecule has 0 radical (unpaired) electrons. The first-order valence-corrected chi connectivity index (χ1v) is 14.7. The van der Waals surface area contributed by atoms with Gasteiger partial charge in [-0.25, -0.2) is 0 Å². The number of aromatic nitrogens is 1. The molecule has 6 rings (SSSR count). The number of pyridine rings is 1. The number of carbonyl (C=O) groups is 1. The summed E-state index contributed by atoms with van der Waals surface area (Å²) in [6.45, 7) is 4.62. The van der Waals surface area contributed by atoms with E-state index in [-0.39, 0.29) is 11.3 Å². The molecular weight excluding hydrogens is 458 g/mol. The molecule has 1 amide bonds. The minimum Gasteiger partial charge on any atom is -0.496 e. The molecule has 3 fully saturated rings. The molecule has 2 aliphatic heterocycles. The summed E-state index contributed by atoms with van der Waals surface area (Å²) in [6.07, 6.45) is 11.8. The highest BCUT2D eigenvalue weighted by Crippen LogP contribution is 2.47. The van der Waals surface area contributed by atoms with Gasteiger partial charge < -0.3 is 15.0 Å². The van der Waals surface area contributed by atoms with Crippen LogP contribution < -0.4 is 10.1 Å². The smallest absolute Gasteiger partial charge is 0.228 e. The van der Waals surface area contributed by atoms with Gasteiger partial charge in [0.2, 0.25) is 5.91 Å². The highest BCUT2D eigenvalue weighted by molar-refractivity contribution is 5.82. The lowest BCUT2D eigenvalue weighted by Gasteiger charge is -2.48. The summed E-state index contributed by atoms with van der Waals surface area (Å²) in [5.41, 5.74) is 4.86. The number of aryl methyl sites for hydroxylation is 2. The van der Waals surface area contributed by atoms with E-state index < -0.39 is 0 Å². The first kappa shape index (κ1) is 24.9. The molecular formula is C32H43N3O2. The van der Waals surface area contributed by atoms with Crippen molar-refractivity contribution < 1.29 is 9.53 Å². The van der Waals surface area contributed by atoms with Gasteiger partial charge in [0.1, 0.15) is 5.75 Å². The lowest BCUT2D eigenvalue weighted by atomic mass is 9.64. The van der Waals surface area contributed by atoms with Crippen LogP contribution in [-0.2, 0) is 16.6 Å². The Bertz CT molecular complexity index is 1130. The molecule has 2 aromatic rings. The van der Waals surface area contributed by atoms with Gasteiger partial charge >= 0.3 is 0 Å². The van der Waals surface area contributed by atoms with E-state index in [1.807, 2.05) is 0 Å². The zero-order chi connectivity index (χ0) is 25.4. The SMILES string of the molecule is COc1ccccc1[C@@H]1CCN(C(=O)[C@@H]2CNC[C@]23CCCc2nc(C)ccc23)[C@H](C2CCCCC2)C1. The molecule has 1 spiro atoms. The van der Waals surface area contributed by atoms with E-state index in [1.165, 1.54) is 48.9 Å². The molecule has 4 atom stereocenters. The Morgan fingerprint density at radius 1 is 1.08 bits per heavy atom. The summed E-state index contributed by atoms with van der Waals surface area (Å²) < 4.78 is 5.76. The van der Waals surface area contributed by atoms with Crippen molar-refractivity contribution >= 4 is 5.91 Å². The Morgan fingerprint density at radius 3 is 2.76 bits per heavy atom. The van der Waals surface area contributed by atoms with Crippen molar-refractivity contribution in [3.8, 4) is 5.75 Å². The number of fused-ring (bicyclic) bond motifs is 2. The van der Waals surface area contributed by atoms with E-state index in [0.717, 1.165) is 63.2 Å². The highest BCUT2D eigenvalue weighted by atomic mass is 16.5. The van der Waals surface area contributed by atoms with Gasteiger partial charge in [-0.05, 0) is 87.0 Å². The normalized spacial score (nSPS) is 30.3. The van der Waals surface area contributed by atoms with Crippen molar-refractivity contribution in [2.45, 2.75) is 88.5 Å². The quantitative estimate of drug-likeness (QED) is 0.597. The number of hydrogen-bond acceptors (Lipinski definition) is 4. The number of methoxy groups -OCH3 is 1. The Morgan fingerprint density at radius 2 is 1.92 bits per heavy atom. The van der Waals surface area contributed by atoms with E-state index in [1.54, 1.807) is 7.11 Å². The topological polar surface area (TPSA) is 54.5 Å². The van der Waals surface area contributed by atoms with Gasteiger partial charge in [0, 0.05) is 42.5 Å². The summed E-state index contributed by atoms with van der Waals surface area (Å²) >= 11 is 0. The largest absolute Gasteiger partial charge is 0.496 e. The summed E-state index contributed by atoms with van der Waals surface area (Å²) in [7, 11) is 1.78. The van der Waals surface area contributed by atoms with Crippen LogP contribution in [-0.4, -0.2) is 48.6 Å². The van der Waals surface area contributed by atoms with Gasteiger partial charge in [0.05, 0.1) is 13.0 Å². The van der Waals surface area contributed by atoms with E-state index >= 15 is 0 Å². The van der Waals surface area contributed by atoms with Gasteiger partial charge in [-0.2, -0.15) is 0 Å². The summed E-state index contributed by atoms with van der Waals surface area (Å²) in [4.78, 5) is 21.9. The summed E-state index contributed by atoms with van der Waals surface area (Å²) in [6, 6.07) is 13.3. The van der Waals surface area contributed by atoms with Gasteiger partial charge in [-0.1, -0.05) is 43.5 Å². The third kappa shape index (κ3) is 4.47. The van der Waals surface area contributed by atoms with Crippen molar-refractivity contribution in [2.75, 3.05) is 26.7 Å². The number of piperidine rings is 1. The zero-order valence-corrected chi connectivity index (χ0v) is 22.7. The predicted octanol–water partition coefficient (Wildman–Crippen LogP) is 5.55. The fourth-order valence-corrected chi connectivity index (χ4v) is 8.31. The first-order valence-electron chi connectivity index (χ1n) is 14.7. The molecule has 198 valence electrons. The molecule has 1 aromatic carbocycles. The Balaban J connectivity index is 1.31. The Kier molecular flexibility index (Phi) is 7.00. The van der Waals surface area contributed by atoms with Crippen molar-refractivity contribution in [1.29, 1.82) is 0 Å². The fraction of sp³-hybridized carbons (Fsp3) is 0.625. The second-order valence-electron chi connectivity index (χ2n) is 12.1. The van der Waals surface area contributed by atoms with Crippen LogP contribution >= 0.6 is 0 Å². The monoisotopic (exact) mass is 501 g/mol. The maximum absolute atomic E-state index is 14.6. The van der Waals surface area contributed by atoms with Crippen molar-refractivity contribution in [3.05, 3.63) is 58.9 Å². The lowest BCUT2D eigenvalue weighted by molar-refractivity contribution is -0.143. The highest BCUT2D eigenvalue weighted by Gasteiger charge is 2.52. The predicted molar refractivity (Wildman–Crippen MR) is 147 cm³/mol.